The number of ether oxygens (including phenoxy) is 2. The highest BCUT2D eigenvalue weighted by atomic mass is 35.5. The highest BCUT2D eigenvalue weighted by Crippen LogP contribution is 2.37. The summed E-state index contributed by atoms with van der Waals surface area (Å²) in [5.41, 5.74) is 0.322. The molecule has 0 aliphatic rings. The number of hydrogen-bond acceptors (Lipinski definition) is 5. The van der Waals surface area contributed by atoms with Gasteiger partial charge in [-0.25, -0.2) is 8.42 Å². The van der Waals surface area contributed by atoms with Crippen LogP contribution >= 0.6 is 34.8 Å². The van der Waals surface area contributed by atoms with Crippen molar-refractivity contribution in [2.75, 3.05) is 29.5 Å². The summed E-state index contributed by atoms with van der Waals surface area (Å²) in [6, 6.07) is 16.1. The third kappa shape index (κ3) is 6.23. The van der Waals surface area contributed by atoms with Crippen LogP contribution < -0.4 is 19.1 Å². The fourth-order valence-corrected chi connectivity index (χ4v) is 4.38. The molecule has 0 aromatic heterocycles. The minimum absolute atomic E-state index is 0.0142. The molecule has 3 aromatic carbocycles. The van der Waals surface area contributed by atoms with Crippen LogP contribution in [0, 0.1) is 0 Å². The van der Waals surface area contributed by atoms with Crippen LogP contribution in [0.15, 0.2) is 60.7 Å². The lowest BCUT2D eigenvalue weighted by Gasteiger charge is -2.23. The zero-order chi connectivity index (χ0) is 24.2. The molecule has 33 heavy (non-hydrogen) atoms. The van der Waals surface area contributed by atoms with Crippen LogP contribution in [0.25, 0.3) is 0 Å². The first-order valence-corrected chi connectivity index (χ1v) is 12.4. The van der Waals surface area contributed by atoms with Crippen molar-refractivity contribution in [2.45, 2.75) is 0 Å². The van der Waals surface area contributed by atoms with E-state index in [1.54, 1.807) is 36.4 Å². The monoisotopic (exact) mass is 528 g/mol. The van der Waals surface area contributed by atoms with Crippen LogP contribution in [0.5, 0.6) is 17.2 Å². The van der Waals surface area contributed by atoms with Crippen molar-refractivity contribution in [3.8, 4) is 17.2 Å². The molecule has 0 atom stereocenters. The summed E-state index contributed by atoms with van der Waals surface area (Å²) in [7, 11) is -2.36. The molecule has 3 aromatic rings. The van der Waals surface area contributed by atoms with Gasteiger partial charge in [0.2, 0.25) is 15.9 Å². The number of carbonyl (C=O) groups excluding carboxylic acids is 1. The topological polar surface area (TPSA) is 84.9 Å². The Labute approximate surface area is 206 Å². The van der Waals surface area contributed by atoms with Crippen molar-refractivity contribution in [1.82, 2.24) is 0 Å². The zero-order valence-electron chi connectivity index (χ0n) is 17.5. The molecule has 0 fully saturated rings. The molecule has 7 nitrogen and oxygen atoms in total. The maximum absolute atomic E-state index is 12.9. The van der Waals surface area contributed by atoms with Gasteiger partial charge in [-0.05, 0) is 42.5 Å². The standard InChI is InChI=1S/C22H19Cl3N2O5S/c1-31-19-8-3-4-9-20(19)32-18-11-10-14(23)12-16(18)26-21(28)13-27(33(2,29)30)17-7-5-6-15(24)22(17)25/h3-12H,13H2,1-2H3,(H,26,28). The Bertz CT molecular complexity index is 1280. The van der Waals surface area contributed by atoms with Crippen LogP contribution in [-0.2, 0) is 14.8 Å². The van der Waals surface area contributed by atoms with Crippen LogP contribution in [0.2, 0.25) is 15.1 Å². The van der Waals surface area contributed by atoms with Gasteiger partial charge in [0.15, 0.2) is 17.2 Å². The molecule has 3 rings (SSSR count). The molecule has 0 bridgehead atoms. The van der Waals surface area contributed by atoms with E-state index in [-0.39, 0.29) is 27.2 Å². The van der Waals surface area contributed by atoms with Gasteiger partial charge >= 0.3 is 0 Å². The minimum atomic E-state index is -3.86. The summed E-state index contributed by atoms with van der Waals surface area (Å²) in [6.45, 7) is -0.556. The van der Waals surface area contributed by atoms with Gasteiger partial charge in [-0.15, -0.1) is 0 Å². The average molecular weight is 530 g/mol. The average Bonchev–Trinajstić information content (AvgIpc) is 2.76. The molecule has 0 heterocycles. The molecule has 1 N–H and O–H groups in total. The number of halogens is 3. The van der Waals surface area contributed by atoms with Gasteiger partial charge in [-0.1, -0.05) is 53.0 Å². The van der Waals surface area contributed by atoms with E-state index in [9.17, 15) is 13.2 Å². The normalized spacial score (nSPS) is 11.1. The molecule has 11 heteroatoms. The fraction of sp³-hybridized carbons (Fsp3) is 0.136. The Morgan fingerprint density at radius 2 is 1.67 bits per heavy atom. The molecule has 0 spiro atoms. The number of nitrogens with one attached hydrogen (secondary N) is 1. The first-order chi connectivity index (χ1) is 15.6. The van der Waals surface area contributed by atoms with Gasteiger partial charge in [-0.2, -0.15) is 0 Å². The summed E-state index contributed by atoms with van der Waals surface area (Å²) in [5, 5.41) is 3.16. The lowest BCUT2D eigenvalue weighted by molar-refractivity contribution is -0.114. The van der Waals surface area contributed by atoms with Gasteiger partial charge in [0, 0.05) is 5.02 Å². The maximum atomic E-state index is 12.9. The number of carbonyl (C=O) groups is 1. The number of amides is 1. The lowest BCUT2D eigenvalue weighted by atomic mass is 10.2. The van der Waals surface area contributed by atoms with E-state index in [0.29, 0.717) is 16.5 Å². The quantitative estimate of drug-likeness (QED) is 0.395. The number of anilines is 2. The molecule has 0 saturated carbocycles. The van der Waals surface area contributed by atoms with Crippen LogP contribution in [-0.4, -0.2) is 34.2 Å². The van der Waals surface area contributed by atoms with E-state index in [0.717, 1.165) is 10.6 Å². The van der Waals surface area contributed by atoms with Gasteiger partial charge in [-0.3, -0.25) is 9.10 Å². The van der Waals surface area contributed by atoms with Crippen molar-refractivity contribution in [3.63, 3.8) is 0 Å². The predicted octanol–water partition coefficient (Wildman–Crippen LogP) is 5.85. The molecule has 0 aliphatic carbocycles. The molecule has 174 valence electrons. The number of rotatable bonds is 8. The molecule has 0 unspecified atom stereocenters. The molecular weight excluding hydrogens is 511 g/mol. The molecular formula is C22H19Cl3N2O5S. The SMILES string of the molecule is COc1ccccc1Oc1ccc(Cl)cc1NC(=O)CN(c1cccc(Cl)c1Cl)S(C)(=O)=O. The molecule has 0 saturated heterocycles. The van der Waals surface area contributed by atoms with Gasteiger partial charge in [0.25, 0.3) is 0 Å². The largest absolute Gasteiger partial charge is 0.493 e. The van der Waals surface area contributed by atoms with Gasteiger partial charge in [0.1, 0.15) is 6.54 Å². The Kier molecular flexibility index (Phi) is 7.97. The Balaban J connectivity index is 1.89. The molecule has 0 radical (unpaired) electrons. The van der Waals surface area contributed by atoms with Crippen LogP contribution in [0.4, 0.5) is 11.4 Å². The first-order valence-electron chi connectivity index (χ1n) is 9.42. The van der Waals surface area contributed by atoms with Gasteiger partial charge in [0.05, 0.1) is 34.8 Å². The number of hydrogen-bond donors (Lipinski definition) is 1. The molecule has 0 aliphatic heterocycles. The summed E-state index contributed by atoms with van der Waals surface area (Å²) in [5.74, 6) is 0.539. The van der Waals surface area contributed by atoms with E-state index in [4.69, 9.17) is 44.3 Å². The fourth-order valence-electron chi connectivity index (χ4n) is 2.90. The third-order valence-corrected chi connectivity index (χ3v) is 6.56. The highest BCUT2D eigenvalue weighted by Gasteiger charge is 2.24. The number of sulfonamides is 1. The summed E-state index contributed by atoms with van der Waals surface area (Å²) >= 11 is 18.3. The summed E-state index contributed by atoms with van der Waals surface area (Å²) in [6.07, 6.45) is 0.965. The Morgan fingerprint density at radius 1 is 0.970 bits per heavy atom. The second-order valence-electron chi connectivity index (χ2n) is 6.78. The number of nitrogens with zero attached hydrogens (tertiary/aromatic N) is 1. The maximum Gasteiger partial charge on any atom is 0.245 e. The van der Waals surface area contributed by atoms with E-state index in [1.807, 2.05) is 0 Å². The Hall–Kier alpha value is -2.65. The van der Waals surface area contributed by atoms with Crippen LogP contribution in [0.1, 0.15) is 0 Å². The lowest BCUT2D eigenvalue weighted by Crippen LogP contribution is -2.37. The van der Waals surface area contributed by atoms with Crippen molar-refractivity contribution in [2.24, 2.45) is 0 Å². The summed E-state index contributed by atoms with van der Waals surface area (Å²) in [4.78, 5) is 12.9. The third-order valence-electron chi connectivity index (χ3n) is 4.39. The van der Waals surface area contributed by atoms with E-state index >= 15 is 0 Å². The van der Waals surface area contributed by atoms with Crippen molar-refractivity contribution < 1.29 is 22.7 Å². The van der Waals surface area contributed by atoms with Crippen molar-refractivity contribution in [1.29, 1.82) is 0 Å². The Morgan fingerprint density at radius 3 is 2.33 bits per heavy atom. The summed E-state index contributed by atoms with van der Waals surface area (Å²) < 4.78 is 36.9. The van der Waals surface area contributed by atoms with E-state index < -0.39 is 22.5 Å². The zero-order valence-corrected chi connectivity index (χ0v) is 20.6. The van der Waals surface area contributed by atoms with Crippen molar-refractivity contribution in [3.05, 3.63) is 75.7 Å². The van der Waals surface area contributed by atoms with E-state index in [2.05, 4.69) is 5.32 Å². The van der Waals surface area contributed by atoms with Crippen LogP contribution in [0.3, 0.4) is 0 Å². The number of benzene rings is 3. The number of methoxy groups -OCH3 is 1. The second-order valence-corrected chi connectivity index (χ2v) is 9.91. The minimum Gasteiger partial charge on any atom is -0.493 e. The smallest absolute Gasteiger partial charge is 0.245 e. The van der Waals surface area contributed by atoms with Crippen molar-refractivity contribution >= 4 is 62.1 Å². The highest BCUT2D eigenvalue weighted by molar-refractivity contribution is 7.92. The molecule has 1 amide bonds. The van der Waals surface area contributed by atoms with E-state index in [1.165, 1.54) is 31.4 Å². The number of para-hydroxylation sites is 2. The second kappa shape index (κ2) is 10.5. The first kappa shape index (κ1) is 25.0. The predicted molar refractivity (Wildman–Crippen MR) is 132 cm³/mol. The van der Waals surface area contributed by atoms with Gasteiger partial charge < -0.3 is 14.8 Å².